The number of esters is 1. The molecule has 2 aromatic rings. The van der Waals surface area contributed by atoms with Crippen molar-refractivity contribution in [1.29, 1.82) is 0 Å². The van der Waals surface area contributed by atoms with E-state index in [-0.39, 0.29) is 0 Å². The number of rotatable bonds is 5. The zero-order chi connectivity index (χ0) is 17.1. The van der Waals surface area contributed by atoms with Gasteiger partial charge in [-0.25, -0.2) is 9.18 Å². The minimum Gasteiger partial charge on any atom is -0.462 e. The molecule has 24 heavy (non-hydrogen) atoms. The number of benzene rings is 1. The van der Waals surface area contributed by atoms with Crippen LogP contribution in [0.2, 0.25) is 0 Å². The van der Waals surface area contributed by atoms with Gasteiger partial charge in [0.1, 0.15) is 11.9 Å². The second-order valence-corrected chi connectivity index (χ2v) is 5.52. The highest BCUT2D eigenvalue weighted by atomic mass is 19.1. The normalized spacial score (nSPS) is 16.5. The zero-order valence-corrected chi connectivity index (χ0v) is 13.5. The Morgan fingerprint density at radius 3 is 2.96 bits per heavy atom. The standard InChI is InChI=1S/C16H18FN5O2/c1-3-4-9-24-15(23)13-10(2)18-16-19-20-21-22(16)14(13)11-7-5-6-8-12(11)17/h5-8,14H,3-4,9H2,1-2H3,(H,18,19,21)/t14-/m1/s1. The third kappa shape index (κ3) is 2.86. The number of carbonyl (C=O) groups excluding carboxylic acids is 1. The van der Waals surface area contributed by atoms with Crippen LogP contribution in [-0.2, 0) is 9.53 Å². The highest BCUT2D eigenvalue weighted by molar-refractivity contribution is 5.92. The predicted octanol–water partition coefficient (Wildman–Crippen LogP) is 2.44. The highest BCUT2D eigenvalue weighted by Crippen LogP contribution is 2.35. The van der Waals surface area contributed by atoms with E-state index >= 15 is 0 Å². The fourth-order valence-corrected chi connectivity index (χ4v) is 2.65. The molecule has 0 spiro atoms. The van der Waals surface area contributed by atoms with Crippen molar-refractivity contribution in [2.45, 2.75) is 32.7 Å². The number of aromatic nitrogens is 4. The summed E-state index contributed by atoms with van der Waals surface area (Å²) in [4.78, 5) is 12.6. The second-order valence-electron chi connectivity index (χ2n) is 5.52. The van der Waals surface area contributed by atoms with E-state index in [2.05, 4.69) is 20.8 Å². The molecule has 0 unspecified atom stereocenters. The van der Waals surface area contributed by atoms with Crippen LogP contribution in [-0.4, -0.2) is 32.8 Å². The lowest BCUT2D eigenvalue weighted by Gasteiger charge is -2.27. The van der Waals surface area contributed by atoms with Gasteiger partial charge in [0.2, 0.25) is 5.95 Å². The van der Waals surface area contributed by atoms with Crippen LogP contribution in [0.4, 0.5) is 10.3 Å². The van der Waals surface area contributed by atoms with Gasteiger partial charge in [0.15, 0.2) is 0 Å². The molecule has 1 N–H and O–H groups in total. The van der Waals surface area contributed by atoms with Crippen LogP contribution >= 0.6 is 0 Å². The van der Waals surface area contributed by atoms with Gasteiger partial charge in [-0.05, 0) is 29.8 Å². The Bertz CT molecular complexity index is 786. The maximum Gasteiger partial charge on any atom is 0.338 e. The van der Waals surface area contributed by atoms with Crippen molar-refractivity contribution >= 4 is 11.9 Å². The summed E-state index contributed by atoms with van der Waals surface area (Å²) in [5.74, 6) is -0.578. The maximum atomic E-state index is 14.4. The molecule has 1 atom stereocenters. The van der Waals surface area contributed by atoms with Gasteiger partial charge in [-0.15, -0.1) is 0 Å². The molecule has 0 saturated carbocycles. The van der Waals surface area contributed by atoms with Crippen LogP contribution < -0.4 is 5.32 Å². The van der Waals surface area contributed by atoms with Gasteiger partial charge >= 0.3 is 5.97 Å². The number of hydrogen-bond acceptors (Lipinski definition) is 6. The van der Waals surface area contributed by atoms with Crippen molar-refractivity contribution in [3.63, 3.8) is 0 Å². The lowest BCUT2D eigenvalue weighted by atomic mass is 9.95. The number of ether oxygens (including phenoxy) is 1. The molecule has 0 amide bonds. The summed E-state index contributed by atoms with van der Waals surface area (Å²) >= 11 is 0. The van der Waals surface area contributed by atoms with Crippen molar-refractivity contribution < 1.29 is 13.9 Å². The number of hydrogen-bond donors (Lipinski definition) is 1. The first-order valence-electron chi connectivity index (χ1n) is 7.80. The third-order valence-electron chi connectivity index (χ3n) is 3.86. The summed E-state index contributed by atoms with van der Waals surface area (Å²) in [7, 11) is 0. The Hall–Kier alpha value is -2.77. The molecule has 1 aromatic heterocycles. The minimum absolute atomic E-state index is 0.302. The fraction of sp³-hybridized carbons (Fsp3) is 0.375. The number of carbonyl (C=O) groups is 1. The molecular weight excluding hydrogens is 313 g/mol. The van der Waals surface area contributed by atoms with Gasteiger partial charge in [0, 0.05) is 11.3 Å². The first-order valence-corrected chi connectivity index (χ1v) is 7.80. The molecule has 0 fully saturated rings. The molecule has 3 rings (SSSR count). The minimum atomic E-state index is -0.772. The Morgan fingerprint density at radius 1 is 1.42 bits per heavy atom. The predicted molar refractivity (Wildman–Crippen MR) is 84.5 cm³/mol. The van der Waals surface area contributed by atoms with Crippen molar-refractivity contribution in [3.8, 4) is 0 Å². The van der Waals surface area contributed by atoms with Gasteiger partial charge in [-0.3, -0.25) is 0 Å². The van der Waals surface area contributed by atoms with Crippen LogP contribution in [0.15, 0.2) is 35.5 Å². The molecule has 126 valence electrons. The molecule has 0 bridgehead atoms. The molecule has 1 aliphatic heterocycles. The van der Waals surface area contributed by atoms with Crippen LogP contribution in [0.5, 0.6) is 0 Å². The van der Waals surface area contributed by atoms with E-state index in [9.17, 15) is 9.18 Å². The number of unbranched alkanes of at least 4 members (excludes halogenated alkanes) is 1. The van der Waals surface area contributed by atoms with E-state index in [4.69, 9.17) is 4.74 Å². The molecule has 1 aliphatic rings. The van der Waals surface area contributed by atoms with Crippen molar-refractivity contribution in [2.24, 2.45) is 0 Å². The fourth-order valence-electron chi connectivity index (χ4n) is 2.65. The molecule has 0 radical (unpaired) electrons. The molecule has 8 heteroatoms. The number of allylic oxidation sites excluding steroid dienone is 1. The molecule has 0 saturated heterocycles. The van der Waals surface area contributed by atoms with Gasteiger partial charge in [0.05, 0.1) is 12.2 Å². The van der Waals surface area contributed by atoms with Gasteiger partial charge < -0.3 is 10.1 Å². The number of nitrogens with zero attached hydrogens (tertiary/aromatic N) is 4. The Morgan fingerprint density at radius 2 is 2.21 bits per heavy atom. The first kappa shape index (κ1) is 16.1. The third-order valence-corrected chi connectivity index (χ3v) is 3.86. The van der Waals surface area contributed by atoms with E-state index in [1.54, 1.807) is 25.1 Å². The summed E-state index contributed by atoms with van der Waals surface area (Å²) < 4.78 is 21.1. The molecule has 7 nitrogen and oxygen atoms in total. The van der Waals surface area contributed by atoms with Crippen molar-refractivity contribution in [2.75, 3.05) is 11.9 Å². The number of fused-ring (bicyclic) bond motifs is 1. The van der Waals surface area contributed by atoms with Gasteiger partial charge in [0.25, 0.3) is 0 Å². The maximum absolute atomic E-state index is 14.4. The number of halogens is 1. The lowest BCUT2D eigenvalue weighted by Crippen LogP contribution is -2.30. The summed E-state index contributed by atoms with van der Waals surface area (Å²) in [6.45, 7) is 4.05. The SMILES string of the molecule is CCCCOC(=O)C1=C(C)Nc2nnnn2[C@@H]1c1ccccc1F. The summed E-state index contributed by atoms with van der Waals surface area (Å²) in [6, 6.07) is 5.49. The van der Waals surface area contributed by atoms with Crippen LogP contribution in [0.1, 0.15) is 38.3 Å². The average molecular weight is 331 g/mol. The Labute approximate surface area is 138 Å². The molecule has 2 heterocycles. The average Bonchev–Trinajstić information content (AvgIpc) is 3.02. The summed E-state index contributed by atoms with van der Waals surface area (Å²) in [5, 5.41) is 14.3. The zero-order valence-electron chi connectivity index (χ0n) is 13.5. The van der Waals surface area contributed by atoms with Gasteiger partial charge in [-0.2, -0.15) is 4.68 Å². The lowest BCUT2D eigenvalue weighted by molar-refractivity contribution is -0.139. The van der Waals surface area contributed by atoms with E-state index < -0.39 is 17.8 Å². The van der Waals surface area contributed by atoms with Crippen LogP contribution in [0.3, 0.4) is 0 Å². The van der Waals surface area contributed by atoms with E-state index in [0.29, 0.717) is 29.4 Å². The monoisotopic (exact) mass is 331 g/mol. The Kier molecular flexibility index (Phi) is 4.54. The van der Waals surface area contributed by atoms with Crippen LogP contribution in [0.25, 0.3) is 0 Å². The molecule has 1 aromatic carbocycles. The van der Waals surface area contributed by atoms with E-state index in [0.717, 1.165) is 12.8 Å². The first-order chi connectivity index (χ1) is 11.6. The Balaban J connectivity index is 2.04. The van der Waals surface area contributed by atoms with E-state index in [1.807, 2.05) is 6.92 Å². The van der Waals surface area contributed by atoms with E-state index in [1.165, 1.54) is 10.7 Å². The van der Waals surface area contributed by atoms with Crippen molar-refractivity contribution in [1.82, 2.24) is 20.2 Å². The summed E-state index contributed by atoms with van der Waals surface area (Å²) in [6.07, 6.45) is 1.68. The molecular formula is C16H18FN5O2. The quantitative estimate of drug-likeness (QED) is 0.669. The van der Waals surface area contributed by atoms with Crippen molar-refractivity contribution in [3.05, 3.63) is 46.9 Å². The van der Waals surface area contributed by atoms with Gasteiger partial charge in [-0.1, -0.05) is 36.6 Å². The number of nitrogens with one attached hydrogen (secondary N) is 1. The topological polar surface area (TPSA) is 81.9 Å². The summed E-state index contributed by atoms with van der Waals surface area (Å²) in [5.41, 5.74) is 1.16. The number of anilines is 1. The van der Waals surface area contributed by atoms with Crippen LogP contribution in [0, 0.1) is 5.82 Å². The molecule has 0 aliphatic carbocycles. The second kappa shape index (κ2) is 6.77. The smallest absolute Gasteiger partial charge is 0.338 e. The largest absolute Gasteiger partial charge is 0.462 e. The number of tetrazole rings is 1. The highest BCUT2D eigenvalue weighted by Gasteiger charge is 2.36.